The van der Waals surface area contributed by atoms with Crippen molar-refractivity contribution in [2.45, 2.75) is 18.9 Å². The first-order chi connectivity index (χ1) is 8.33. The van der Waals surface area contributed by atoms with Crippen molar-refractivity contribution in [3.05, 3.63) is 33.2 Å². The van der Waals surface area contributed by atoms with Crippen LogP contribution < -0.4 is 0 Å². The van der Waals surface area contributed by atoms with E-state index >= 15 is 0 Å². The first-order valence-electron chi connectivity index (χ1n) is 5.52. The molecule has 0 radical (unpaired) electrons. The highest BCUT2D eigenvalue weighted by molar-refractivity contribution is 9.10. The molecule has 0 N–H and O–H groups in total. The predicted molar refractivity (Wildman–Crippen MR) is 71.0 cm³/mol. The van der Waals surface area contributed by atoms with E-state index in [2.05, 4.69) is 25.9 Å². The van der Waals surface area contributed by atoms with Crippen molar-refractivity contribution in [2.75, 3.05) is 6.61 Å². The fourth-order valence-electron chi connectivity index (χ4n) is 1.85. The average Bonchev–Trinajstić information content (AvgIpc) is 3.00. The Labute approximate surface area is 112 Å². The molecule has 2 aromatic rings. The molecule has 5 heteroatoms. The average molecular weight is 311 g/mol. The summed E-state index contributed by atoms with van der Waals surface area (Å²) in [6.45, 7) is 0.857. The molecule has 3 rings (SSSR count). The quantitative estimate of drug-likeness (QED) is 0.846. The van der Waals surface area contributed by atoms with E-state index in [4.69, 9.17) is 4.74 Å². The van der Waals surface area contributed by atoms with E-state index in [9.17, 15) is 0 Å². The van der Waals surface area contributed by atoms with E-state index in [1.165, 1.54) is 0 Å². The summed E-state index contributed by atoms with van der Waals surface area (Å²) < 4.78 is 6.61. The van der Waals surface area contributed by atoms with Crippen LogP contribution in [0.1, 0.15) is 24.0 Å². The van der Waals surface area contributed by atoms with Gasteiger partial charge in [-0.15, -0.1) is 11.3 Å². The van der Waals surface area contributed by atoms with Crippen molar-refractivity contribution in [2.24, 2.45) is 0 Å². The summed E-state index contributed by atoms with van der Waals surface area (Å²) in [6, 6.07) is 3.95. The SMILES string of the molecule is Brc1ccc(-c2csc([C@@H]3CCCO3)n2)nc1. The number of pyridine rings is 1. The van der Waals surface area contributed by atoms with E-state index in [1.807, 2.05) is 17.5 Å². The van der Waals surface area contributed by atoms with Gasteiger partial charge in [-0.2, -0.15) is 0 Å². The summed E-state index contributed by atoms with van der Waals surface area (Å²) in [7, 11) is 0. The molecule has 1 atom stereocenters. The van der Waals surface area contributed by atoms with Gasteiger partial charge in [-0.1, -0.05) is 0 Å². The molecule has 1 aliphatic heterocycles. The molecule has 3 nitrogen and oxygen atoms in total. The Balaban J connectivity index is 1.86. The third-order valence-electron chi connectivity index (χ3n) is 2.72. The van der Waals surface area contributed by atoms with Crippen molar-refractivity contribution in [3.8, 4) is 11.4 Å². The lowest BCUT2D eigenvalue weighted by atomic mass is 10.2. The fourth-order valence-corrected chi connectivity index (χ4v) is 2.98. The van der Waals surface area contributed by atoms with Crippen molar-refractivity contribution in [3.63, 3.8) is 0 Å². The summed E-state index contributed by atoms with van der Waals surface area (Å²) >= 11 is 5.03. The second-order valence-corrected chi connectivity index (χ2v) is 5.74. The van der Waals surface area contributed by atoms with Crippen LogP contribution in [0.25, 0.3) is 11.4 Å². The third kappa shape index (κ3) is 2.41. The van der Waals surface area contributed by atoms with E-state index in [1.54, 1.807) is 17.5 Å². The Morgan fingerprint density at radius 1 is 1.35 bits per heavy atom. The molecule has 1 aliphatic rings. The van der Waals surface area contributed by atoms with Crippen LogP contribution in [0.15, 0.2) is 28.2 Å². The van der Waals surface area contributed by atoms with Gasteiger partial charge in [0.15, 0.2) is 0 Å². The van der Waals surface area contributed by atoms with Gasteiger partial charge in [0.05, 0.1) is 11.4 Å². The highest BCUT2D eigenvalue weighted by atomic mass is 79.9. The van der Waals surface area contributed by atoms with Gasteiger partial charge in [0, 0.05) is 22.7 Å². The molecular formula is C12H11BrN2OS. The second-order valence-electron chi connectivity index (χ2n) is 3.93. The fraction of sp³-hybridized carbons (Fsp3) is 0.333. The lowest BCUT2D eigenvalue weighted by Gasteiger charge is -2.03. The molecule has 0 unspecified atom stereocenters. The first-order valence-corrected chi connectivity index (χ1v) is 7.19. The number of nitrogens with zero attached hydrogens (tertiary/aromatic N) is 2. The number of halogens is 1. The van der Waals surface area contributed by atoms with Crippen molar-refractivity contribution in [1.29, 1.82) is 0 Å². The molecular weight excluding hydrogens is 300 g/mol. The molecule has 0 spiro atoms. The summed E-state index contributed by atoms with van der Waals surface area (Å²) in [4.78, 5) is 8.95. The van der Waals surface area contributed by atoms with E-state index in [0.29, 0.717) is 0 Å². The second kappa shape index (κ2) is 4.84. The van der Waals surface area contributed by atoms with Gasteiger partial charge in [-0.3, -0.25) is 4.98 Å². The third-order valence-corrected chi connectivity index (χ3v) is 4.12. The molecule has 0 aromatic carbocycles. The summed E-state index contributed by atoms with van der Waals surface area (Å²) in [6.07, 6.45) is 4.21. The van der Waals surface area contributed by atoms with Crippen LogP contribution >= 0.6 is 27.3 Å². The standard InChI is InChI=1S/C12H11BrN2OS/c13-8-3-4-9(14-6-8)10-7-17-12(15-10)11-2-1-5-16-11/h3-4,6-7,11H,1-2,5H2/t11-/m0/s1. The highest BCUT2D eigenvalue weighted by Gasteiger charge is 2.21. The monoisotopic (exact) mass is 310 g/mol. The molecule has 1 saturated heterocycles. The maximum absolute atomic E-state index is 5.63. The zero-order valence-electron chi connectivity index (χ0n) is 9.10. The summed E-state index contributed by atoms with van der Waals surface area (Å²) in [5.74, 6) is 0. The summed E-state index contributed by atoms with van der Waals surface area (Å²) in [5, 5.41) is 3.12. The summed E-state index contributed by atoms with van der Waals surface area (Å²) in [5.41, 5.74) is 1.85. The van der Waals surface area contributed by atoms with E-state index < -0.39 is 0 Å². The number of hydrogen-bond acceptors (Lipinski definition) is 4. The highest BCUT2D eigenvalue weighted by Crippen LogP contribution is 2.32. The van der Waals surface area contributed by atoms with Gasteiger partial charge in [-0.05, 0) is 40.9 Å². The lowest BCUT2D eigenvalue weighted by molar-refractivity contribution is 0.112. The largest absolute Gasteiger partial charge is 0.371 e. The van der Waals surface area contributed by atoms with Crippen LogP contribution in [-0.2, 0) is 4.74 Å². The van der Waals surface area contributed by atoms with Crippen LogP contribution in [-0.4, -0.2) is 16.6 Å². The molecule has 88 valence electrons. The van der Waals surface area contributed by atoms with Gasteiger partial charge in [0.2, 0.25) is 0 Å². The minimum absolute atomic E-state index is 0.198. The number of thiazole rings is 1. The van der Waals surface area contributed by atoms with Crippen LogP contribution in [0.2, 0.25) is 0 Å². The lowest BCUT2D eigenvalue weighted by Crippen LogP contribution is -1.94. The smallest absolute Gasteiger partial charge is 0.122 e. The topological polar surface area (TPSA) is 35.0 Å². The number of rotatable bonds is 2. The van der Waals surface area contributed by atoms with Crippen LogP contribution in [0.5, 0.6) is 0 Å². The Morgan fingerprint density at radius 3 is 3.00 bits per heavy atom. The maximum Gasteiger partial charge on any atom is 0.122 e. The normalized spacial score (nSPS) is 19.7. The van der Waals surface area contributed by atoms with Gasteiger partial charge in [0.25, 0.3) is 0 Å². The molecule has 0 amide bonds. The minimum atomic E-state index is 0.198. The van der Waals surface area contributed by atoms with Gasteiger partial charge in [-0.25, -0.2) is 4.98 Å². The van der Waals surface area contributed by atoms with Crippen molar-refractivity contribution in [1.82, 2.24) is 9.97 Å². The molecule has 3 heterocycles. The Hall–Kier alpha value is -0.780. The first kappa shape index (κ1) is 11.3. The van der Waals surface area contributed by atoms with Crippen LogP contribution in [0.3, 0.4) is 0 Å². The van der Waals surface area contributed by atoms with Gasteiger partial charge < -0.3 is 4.74 Å². The Morgan fingerprint density at radius 2 is 2.29 bits per heavy atom. The van der Waals surface area contributed by atoms with Crippen LogP contribution in [0.4, 0.5) is 0 Å². The van der Waals surface area contributed by atoms with Gasteiger partial charge in [0.1, 0.15) is 11.1 Å². The molecule has 17 heavy (non-hydrogen) atoms. The number of ether oxygens (including phenoxy) is 1. The molecule has 0 aliphatic carbocycles. The zero-order valence-corrected chi connectivity index (χ0v) is 11.5. The molecule has 0 saturated carbocycles. The number of aromatic nitrogens is 2. The zero-order chi connectivity index (χ0) is 11.7. The number of hydrogen-bond donors (Lipinski definition) is 0. The maximum atomic E-state index is 5.63. The Kier molecular flexibility index (Phi) is 3.22. The van der Waals surface area contributed by atoms with Crippen molar-refractivity contribution < 1.29 is 4.74 Å². The Bertz CT molecular complexity index is 505. The predicted octanol–water partition coefficient (Wildman–Crippen LogP) is 3.82. The van der Waals surface area contributed by atoms with Crippen LogP contribution in [0, 0.1) is 0 Å². The van der Waals surface area contributed by atoms with E-state index in [0.717, 1.165) is 40.3 Å². The molecule has 0 bridgehead atoms. The van der Waals surface area contributed by atoms with E-state index in [-0.39, 0.29) is 6.10 Å². The van der Waals surface area contributed by atoms with Crippen molar-refractivity contribution >= 4 is 27.3 Å². The molecule has 1 fully saturated rings. The molecule has 2 aromatic heterocycles. The minimum Gasteiger partial charge on any atom is -0.371 e. The van der Waals surface area contributed by atoms with Gasteiger partial charge >= 0.3 is 0 Å².